The van der Waals surface area contributed by atoms with E-state index in [0.29, 0.717) is 31.7 Å². The van der Waals surface area contributed by atoms with Crippen molar-refractivity contribution >= 4 is 28.1 Å². The molecule has 1 fully saturated rings. The van der Waals surface area contributed by atoms with Crippen LogP contribution in [0.3, 0.4) is 0 Å². The maximum absolute atomic E-state index is 12.8. The van der Waals surface area contributed by atoms with Crippen molar-refractivity contribution in [2.45, 2.75) is 18.7 Å². The Bertz CT molecular complexity index is 1200. The lowest BCUT2D eigenvalue weighted by Crippen LogP contribution is -2.50. The third kappa shape index (κ3) is 6.80. The second-order valence-corrected chi connectivity index (χ2v) is 10.1. The predicted octanol–water partition coefficient (Wildman–Crippen LogP) is 1.39. The van der Waals surface area contributed by atoms with Crippen LogP contribution in [-0.4, -0.2) is 82.7 Å². The van der Waals surface area contributed by atoms with Crippen LogP contribution in [0.2, 0.25) is 0 Å². The van der Waals surface area contributed by atoms with Gasteiger partial charge >= 0.3 is 5.97 Å². The van der Waals surface area contributed by atoms with E-state index in [-0.39, 0.29) is 34.6 Å². The minimum atomic E-state index is -3.56. The van der Waals surface area contributed by atoms with E-state index in [4.69, 9.17) is 14.2 Å². The summed E-state index contributed by atoms with van der Waals surface area (Å²) in [5, 5.41) is 3.97. The van der Waals surface area contributed by atoms with E-state index in [1.165, 1.54) is 31.7 Å². The van der Waals surface area contributed by atoms with Gasteiger partial charge in [0.2, 0.25) is 15.8 Å². The van der Waals surface area contributed by atoms with E-state index in [1.54, 1.807) is 36.4 Å². The van der Waals surface area contributed by atoms with Gasteiger partial charge in [-0.05, 0) is 31.2 Å². The van der Waals surface area contributed by atoms with Crippen LogP contribution in [0, 0.1) is 6.92 Å². The molecule has 0 spiro atoms. The number of nitrogens with zero attached hydrogens (tertiary/aromatic N) is 3. The number of ether oxygens (including phenoxy) is 3. The van der Waals surface area contributed by atoms with Crippen molar-refractivity contribution in [2.24, 2.45) is 5.10 Å². The second-order valence-electron chi connectivity index (χ2n) is 8.13. The van der Waals surface area contributed by atoms with Crippen LogP contribution in [0.15, 0.2) is 46.4 Å². The number of hydrogen-bond donors (Lipinski definition) is 1. The summed E-state index contributed by atoms with van der Waals surface area (Å²) in [4.78, 5) is 25.8. The largest absolute Gasteiger partial charge is 0.493 e. The number of nitrogens with one attached hydrogen (secondary N) is 1. The molecule has 1 amide bonds. The Hall–Kier alpha value is -3.48. The van der Waals surface area contributed by atoms with Gasteiger partial charge in [0, 0.05) is 38.7 Å². The third-order valence-electron chi connectivity index (χ3n) is 5.49. The molecule has 0 saturated carbocycles. The Balaban J connectivity index is 1.54. The molecular formula is C24H30N4O7S. The van der Waals surface area contributed by atoms with Gasteiger partial charge in [-0.2, -0.15) is 9.41 Å². The maximum atomic E-state index is 12.8. The molecule has 1 N–H and O–H groups in total. The number of piperazine rings is 1. The highest BCUT2D eigenvalue weighted by Gasteiger charge is 2.29. The van der Waals surface area contributed by atoms with Gasteiger partial charge in [0.15, 0.2) is 11.5 Å². The van der Waals surface area contributed by atoms with Gasteiger partial charge < -0.3 is 14.2 Å². The molecule has 1 aliphatic heterocycles. The number of methoxy groups -OCH3 is 2. The summed E-state index contributed by atoms with van der Waals surface area (Å²) >= 11 is 0. The molecule has 194 valence electrons. The molecule has 36 heavy (non-hydrogen) atoms. The fourth-order valence-electron chi connectivity index (χ4n) is 3.62. The minimum absolute atomic E-state index is 0.0772. The van der Waals surface area contributed by atoms with E-state index in [2.05, 4.69) is 10.5 Å². The Labute approximate surface area is 210 Å². The number of esters is 1. The number of carbonyl (C=O) groups excluding carboxylic acids is 2. The molecule has 0 bridgehead atoms. The van der Waals surface area contributed by atoms with Crippen molar-refractivity contribution in [3.8, 4) is 17.2 Å². The summed E-state index contributed by atoms with van der Waals surface area (Å²) in [5.41, 5.74) is 4.00. The standard InChI is InChI=1S/C24H30N4O7S/c1-17-5-7-20(8-6-17)36(31,32)28-11-9-27(10-12-28)16-23(30)26-25-15-19-13-21(33-3)24(35-18(2)29)22(14-19)34-4/h5-8,13-15H,9-12,16H2,1-4H3,(H,26,30). The number of hydrazone groups is 1. The lowest BCUT2D eigenvalue weighted by atomic mass is 10.2. The zero-order valence-corrected chi connectivity index (χ0v) is 21.5. The zero-order chi connectivity index (χ0) is 26.3. The van der Waals surface area contributed by atoms with Crippen molar-refractivity contribution in [1.82, 2.24) is 14.6 Å². The monoisotopic (exact) mass is 518 g/mol. The number of aryl methyl sites for hydroxylation is 1. The van der Waals surface area contributed by atoms with Crippen LogP contribution in [0.5, 0.6) is 17.2 Å². The smallest absolute Gasteiger partial charge is 0.308 e. The first-order chi connectivity index (χ1) is 17.1. The molecule has 11 nitrogen and oxygen atoms in total. The van der Waals surface area contributed by atoms with Crippen LogP contribution >= 0.6 is 0 Å². The topological polar surface area (TPSA) is 127 Å². The molecule has 12 heteroatoms. The van der Waals surface area contributed by atoms with Gasteiger partial charge in [-0.1, -0.05) is 17.7 Å². The number of hydrogen-bond acceptors (Lipinski definition) is 9. The summed E-state index contributed by atoms with van der Waals surface area (Å²) in [6.07, 6.45) is 1.41. The summed E-state index contributed by atoms with van der Waals surface area (Å²) in [6.45, 7) is 4.68. The first kappa shape index (κ1) is 27.1. The molecule has 0 radical (unpaired) electrons. The van der Waals surface area contributed by atoms with Crippen molar-refractivity contribution < 1.29 is 32.2 Å². The fourth-order valence-corrected chi connectivity index (χ4v) is 5.05. The highest BCUT2D eigenvalue weighted by molar-refractivity contribution is 7.89. The molecule has 0 aliphatic carbocycles. The van der Waals surface area contributed by atoms with Crippen LogP contribution < -0.4 is 19.6 Å². The van der Waals surface area contributed by atoms with E-state index < -0.39 is 16.0 Å². The summed E-state index contributed by atoms with van der Waals surface area (Å²) in [5.74, 6) is -0.158. The van der Waals surface area contributed by atoms with Crippen LogP contribution in [-0.2, 0) is 19.6 Å². The quantitative estimate of drug-likeness (QED) is 0.228. The van der Waals surface area contributed by atoms with Crippen molar-refractivity contribution in [2.75, 3.05) is 46.9 Å². The van der Waals surface area contributed by atoms with Gasteiger partial charge in [-0.15, -0.1) is 0 Å². The highest BCUT2D eigenvalue weighted by Crippen LogP contribution is 2.38. The number of sulfonamides is 1. The van der Waals surface area contributed by atoms with Crippen molar-refractivity contribution in [3.63, 3.8) is 0 Å². The fraction of sp³-hybridized carbons (Fsp3) is 0.375. The third-order valence-corrected chi connectivity index (χ3v) is 7.40. The molecule has 1 heterocycles. The van der Waals surface area contributed by atoms with E-state index in [9.17, 15) is 18.0 Å². The Morgan fingerprint density at radius 3 is 2.14 bits per heavy atom. The minimum Gasteiger partial charge on any atom is -0.493 e. The first-order valence-corrected chi connectivity index (χ1v) is 12.6. The molecule has 1 aliphatic rings. The Morgan fingerprint density at radius 2 is 1.61 bits per heavy atom. The normalized spacial score (nSPS) is 15.0. The van der Waals surface area contributed by atoms with E-state index in [0.717, 1.165) is 5.56 Å². The van der Waals surface area contributed by atoms with Gasteiger partial charge in [0.25, 0.3) is 5.91 Å². The number of carbonyl (C=O) groups is 2. The van der Waals surface area contributed by atoms with Crippen molar-refractivity contribution in [1.29, 1.82) is 0 Å². The maximum Gasteiger partial charge on any atom is 0.308 e. The lowest BCUT2D eigenvalue weighted by molar-refractivity contribution is -0.132. The Kier molecular flexibility index (Phi) is 9.02. The SMILES string of the molecule is COc1cc(C=NNC(=O)CN2CCN(S(=O)(=O)c3ccc(C)cc3)CC2)cc(OC)c1OC(C)=O. The number of amides is 1. The van der Waals surface area contributed by atoms with Crippen LogP contribution in [0.1, 0.15) is 18.1 Å². The number of rotatable bonds is 9. The average Bonchev–Trinajstić information content (AvgIpc) is 2.85. The van der Waals surface area contributed by atoms with Crippen LogP contribution in [0.4, 0.5) is 0 Å². The Morgan fingerprint density at radius 1 is 1.03 bits per heavy atom. The molecule has 3 rings (SSSR count). The average molecular weight is 519 g/mol. The number of benzene rings is 2. The second kappa shape index (κ2) is 12.0. The van der Waals surface area contributed by atoms with Crippen LogP contribution in [0.25, 0.3) is 0 Å². The van der Waals surface area contributed by atoms with Gasteiger partial charge in [0.05, 0.1) is 31.9 Å². The summed E-state index contributed by atoms with van der Waals surface area (Å²) in [6, 6.07) is 9.94. The van der Waals surface area contributed by atoms with Gasteiger partial charge in [0.1, 0.15) is 0 Å². The zero-order valence-electron chi connectivity index (χ0n) is 20.7. The highest BCUT2D eigenvalue weighted by atomic mass is 32.2. The van der Waals surface area contributed by atoms with Gasteiger partial charge in [-0.3, -0.25) is 14.5 Å². The van der Waals surface area contributed by atoms with Gasteiger partial charge in [-0.25, -0.2) is 13.8 Å². The molecule has 1 saturated heterocycles. The summed E-state index contributed by atoms with van der Waals surface area (Å²) in [7, 11) is -0.709. The van der Waals surface area contributed by atoms with E-state index in [1.807, 2.05) is 11.8 Å². The predicted molar refractivity (Wildman–Crippen MR) is 133 cm³/mol. The molecule has 2 aromatic carbocycles. The molecule has 0 atom stereocenters. The molecule has 0 aromatic heterocycles. The first-order valence-electron chi connectivity index (χ1n) is 11.2. The van der Waals surface area contributed by atoms with E-state index >= 15 is 0 Å². The van der Waals surface area contributed by atoms with Crippen molar-refractivity contribution in [3.05, 3.63) is 47.5 Å². The summed E-state index contributed by atoms with van der Waals surface area (Å²) < 4.78 is 42.8. The molecular weight excluding hydrogens is 488 g/mol. The molecule has 2 aromatic rings. The lowest BCUT2D eigenvalue weighted by Gasteiger charge is -2.33. The molecule has 0 unspecified atom stereocenters.